The fraction of sp³-hybridized carbons (Fsp3) is 0.125. The molecule has 0 aliphatic carbocycles. The lowest BCUT2D eigenvalue weighted by Crippen LogP contribution is -2.00. The number of para-hydroxylation sites is 1. The van der Waals surface area contributed by atoms with Crippen LogP contribution < -0.4 is 0 Å². The summed E-state index contributed by atoms with van der Waals surface area (Å²) in [7, 11) is 0. The quantitative estimate of drug-likeness (QED) is 0.325. The molecule has 0 saturated heterocycles. The molecule has 0 unspecified atom stereocenters. The van der Waals surface area contributed by atoms with Gasteiger partial charge in [-0.25, -0.2) is 9.78 Å². The number of hydrogen-bond donors (Lipinski definition) is 0. The van der Waals surface area contributed by atoms with Crippen molar-refractivity contribution < 1.29 is 13.9 Å². The molecule has 0 saturated carbocycles. The maximum absolute atomic E-state index is 12.2. The highest BCUT2D eigenvalue weighted by atomic mass is 16.5. The van der Waals surface area contributed by atoms with Gasteiger partial charge < -0.3 is 13.7 Å². The lowest BCUT2D eigenvalue weighted by Gasteiger charge is -2.00. The van der Waals surface area contributed by atoms with E-state index in [-0.39, 0.29) is 6.61 Å². The highest BCUT2D eigenvalue weighted by Crippen LogP contribution is 2.23. The average Bonchev–Trinajstić information content (AvgIpc) is 3.40. The predicted molar refractivity (Wildman–Crippen MR) is 113 cm³/mol. The summed E-state index contributed by atoms with van der Waals surface area (Å²) in [6.45, 7) is 0.559. The van der Waals surface area contributed by atoms with E-state index in [2.05, 4.69) is 11.1 Å². The summed E-state index contributed by atoms with van der Waals surface area (Å²) in [5.74, 6) is 0.481. The third-order valence-corrected chi connectivity index (χ3v) is 4.63. The molecule has 4 rings (SSSR count). The van der Waals surface area contributed by atoms with Crippen LogP contribution >= 0.6 is 0 Å². The van der Waals surface area contributed by atoms with E-state index in [1.165, 1.54) is 6.08 Å². The van der Waals surface area contributed by atoms with Gasteiger partial charge in [-0.05, 0) is 12.1 Å². The molecule has 2 aromatic carbocycles. The predicted octanol–water partition coefficient (Wildman–Crippen LogP) is 4.97. The number of nitriles is 1. The van der Waals surface area contributed by atoms with Crippen LogP contribution in [-0.2, 0) is 22.7 Å². The highest BCUT2D eigenvalue weighted by Gasteiger charge is 2.09. The van der Waals surface area contributed by atoms with Crippen molar-refractivity contribution in [3.05, 3.63) is 84.5 Å². The molecule has 2 heterocycles. The zero-order chi connectivity index (χ0) is 20.8. The molecule has 0 bridgehead atoms. The van der Waals surface area contributed by atoms with Gasteiger partial charge in [0.1, 0.15) is 0 Å². The molecule has 30 heavy (non-hydrogen) atoms. The van der Waals surface area contributed by atoms with Gasteiger partial charge in [0.15, 0.2) is 12.4 Å². The van der Waals surface area contributed by atoms with Crippen LogP contribution in [0, 0.1) is 11.3 Å². The van der Waals surface area contributed by atoms with Gasteiger partial charge in [0.05, 0.1) is 18.7 Å². The number of benzene rings is 2. The first-order valence-corrected chi connectivity index (χ1v) is 9.54. The molecule has 0 aliphatic rings. The number of carbonyl (C=O) groups is 1. The summed E-state index contributed by atoms with van der Waals surface area (Å²) in [5, 5.41) is 9.86. The largest absolute Gasteiger partial charge is 0.453 e. The van der Waals surface area contributed by atoms with Gasteiger partial charge in [-0.15, -0.1) is 0 Å². The standard InChI is InChI=1S/C24H19N3O3/c25-13-6-14-27-16-19(20-9-4-5-10-21(20)27)11-12-24(28)29-17-23-26-15-22(30-23)18-7-2-1-3-8-18/h1-5,7-12,15-16H,6,14,17H2/b12-11+. The van der Waals surface area contributed by atoms with Crippen LogP contribution in [0.15, 0.2) is 77.5 Å². The monoisotopic (exact) mass is 397 g/mol. The molecule has 0 N–H and O–H groups in total. The maximum Gasteiger partial charge on any atom is 0.331 e. The fourth-order valence-corrected chi connectivity index (χ4v) is 3.22. The van der Waals surface area contributed by atoms with Crippen LogP contribution in [-0.4, -0.2) is 15.5 Å². The first kappa shape index (κ1) is 19.2. The van der Waals surface area contributed by atoms with E-state index in [1.54, 1.807) is 12.3 Å². The molecular formula is C24H19N3O3. The van der Waals surface area contributed by atoms with Crippen LogP contribution in [0.4, 0.5) is 0 Å². The molecule has 0 radical (unpaired) electrons. The minimum Gasteiger partial charge on any atom is -0.453 e. The van der Waals surface area contributed by atoms with E-state index in [0.717, 1.165) is 22.0 Å². The molecule has 0 aliphatic heterocycles. The van der Waals surface area contributed by atoms with Gasteiger partial charge in [0.25, 0.3) is 0 Å². The maximum atomic E-state index is 12.2. The number of aromatic nitrogens is 2. The van der Waals surface area contributed by atoms with Crippen molar-refractivity contribution in [2.24, 2.45) is 0 Å². The van der Waals surface area contributed by atoms with Gasteiger partial charge in [-0.3, -0.25) is 0 Å². The van der Waals surface area contributed by atoms with Crippen molar-refractivity contribution in [1.29, 1.82) is 5.26 Å². The molecule has 0 spiro atoms. The van der Waals surface area contributed by atoms with Gasteiger partial charge in [0.2, 0.25) is 5.89 Å². The fourth-order valence-electron chi connectivity index (χ4n) is 3.22. The molecule has 0 atom stereocenters. The lowest BCUT2D eigenvalue weighted by atomic mass is 10.1. The van der Waals surface area contributed by atoms with E-state index in [1.807, 2.05) is 65.4 Å². The summed E-state index contributed by atoms with van der Waals surface area (Å²) in [5.41, 5.74) is 2.83. The number of nitrogens with zero attached hydrogens (tertiary/aromatic N) is 3. The minimum atomic E-state index is -0.483. The third kappa shape index (κ3) is 4.31. The second kappa shape index (κ2) is 8.93. The van der Waals surface area contributed by atoms with Gasteiger partial charge in [-0.1, -0.05) is 48.5 Å². The Balaban J connectivity index is 1.41. The van der Waals surface area contributed by atoms with Crippen molar-refractivity contribution in [3.8, 4) is 17.4 Å². The second-order valence-corrected chi connectivity index (χ2v) is 6.63. The van der Waals surface area contributed by atoms with E-state index in [0.29, 0.717) is 24.6 Å². The first-order valence-electron chi connectivity index (χ1n) is 9.54. The summed E-state index contributed by atoms with van der Waals surface area (Å²) < 4.78 is 12.9. The Morgan fingerprint density at radius 2 is 1.97 bits per heavy atom. The Kier molecular flexibility index (Phi) is 5.72. The van der Waals surface area contributed by atoms with Gasteiger partial charge in [0, 0.05) is 40.8 Å². The van der Waals surface area contributed by atoms with Crippen molar-refractivity contribution in [3.63, 3.8) is 0 Å². The molecule has 2 aromatic heterocycles. The van der Waals surface area contributed by atoms with Gasteiger partial charge >= 0.3 is 5.97 Å². The van der Waals surface area contributed by atoms with Crippen molar-refractivity contribution in [1.82, 2.24) is 9.55 Å². The number of oxazole rings is 1. The molecule has 0 amide bonds. The Morgan fingerprint density at radius 1 is 1.17 bits per heavy atom. The summed E-state index contributed by atoms with van der Waals surface area (Å²) in [4.78, 5) is 16.3. The topological polar surface area (TPSA) is 81.0 Å². The van der Waals surface area contributed by atoms with Crippen molar-refractivity contribution >= 4 is 22.9 Å². The number of ether oxygens (including phenoxy) is 1. The highest BCUT2D eigenvalue weighted by molar-refractivity contribution is 5.94. The average molecular weight is 397 g/mol. The molecule has 148 valence electrons. The van der Waals surface area contributed by atoms with Crippen LogP contribution in [0.3, 0.4) is 0 Å². The Bertz CT molecular complexity index is 1230. The summed E-state index contributed by atoms with van der Waals surface area (Å²) >= 11 is 0. The Morgan fingerprint density at radius 3 is 2.80 bits per heavy atom. The van der Waals surface area contributed by atoms with Crippen LogP contribution in [0.2, 0.25) is 0 Å². The molecular weight excluding hydrogens is 378 g/mol. The van der Waals surface area contributed by atoms with E-state index >= 15 is 0 Å². The number of fused-ring (bicyclic) bond motifs is 1. The number of esters is 1. The zero-order valence-electron chi connectivity index (χ0n) is 16.2. The smallest absolute Gasteiger partial charge is 0.331 e. The molecule has 6 heteroatoms. The zero-order valence-corrected chi connectivity index (χ0v) is 16.2. The van der Waals surface area contributed by atoms with Crippen molar-refractivity contribution in [2.45, 2.75) is 19.6 Å². The number of carbonyl (C=O) groups excluding carboxylic acids is 1. The van der Waals surface area contributed by atoms with Crippen LogP contribution in [0.1, 0.15) is 17.9 Å². The SMILES string of the molecule is N#CCCn1cc(/C=C/C(=O)OCc2ncc(-c3ccccc3)o2)c2ccccc21. The number of hydrogen-bond acceptors (Lipinski definition) is 5. The second-order valence-electron chi connectivity index (χ2n) is 6.63. The van der Waals surface area contributed by atoms with Crippen LogP contribution in [0.5, 0.6) is 0 Å². The Hall–Kier alpha value is -4.11. The first-order chi connectivity index (χ1) is 14.7. The minimum absolute atomic E-state index is 0.0417. The van der Waals surface area contributed by atoms with E-state index in [9.17, 15) is 4.79 Å². The van der Waals surface area contributed by atoms with E-state index < -0.39 is 5.97 Å². The Labute approximate surface area is 173 Å². The molecule has 4 aromatic rings. The summed E-state index contributed by atoms with van der Waals surface area (Å²) in [6, 6.07) is 19.6. The van der Waals surface area contributed by atoms with Crippen molar-refractivity contribution in [2.75, 3.05) is 0 Å². The van der Waals surface area contributed by atoms with E-state index in [4.69, 9.17) is 14.4 Å². The van der Waals surface area contributed by atoms with Crippen LogP contribution in [0.25, 0.3) is 28.3 Å². The summed E-state index contributed by atoms with van der Waals surface area (Å²) in [6.07, 6.45) is 7.08. The number of aryl methyl sites for hydroxylation is 1. The third-order valence-electron chi connectivity index (χ3n) is 4.63. The molecule has 6 nitrogen and oxygen atoms in total. The van der Waals surface area contributed by atoms with Gasteiger partial charge in [-0.2, -0.15) is 5.26 Å². The normalized spacial score (nSPS) is 11.0. The number of rotatable bonds is 7. The molecule has 0 fully saturated rings. The lowest BCUT2D eigenvalue weighted by molar-refractivity contribution is -0.139.